The van der Waals surface area contributed by atoms with Crippen molar-refractivity contribution >= 4 is 15.9 Å². The molecule has 32 heavy (non-hydrogen) atoms. The second-order valence-electron chi connectivity index (χ2n) is 7.79. The van der Waals surface area contributed by atoms with Crippen LogP contribution in [0.25, 0.3) is 0 Å². The molecule has 0 radical (unpaired) electrons. The lowest BCUT2D eigenvalue weighted by molar-refractivity contribution is -0.131. The summed E-state index contributed by atoms with van der Waals surface area (Å²) >= 11 is 0. The van der Waals surface area contributed by atoms with Gasteiger partial charge in [-0.25, -0.2) is 13.6 Å². The molecule has 1 heterocycles. The van der Waals surface area contributed by atoms with Crippen molar-refractivity contribution in [2.75, 3.05) is 46.4 Å². The number of rotatable bonds is 9. The van der Waals surface area contributed by atoms with E-state index in [2.05, 4.69) is 4.90 Å². The van der Waals surface area contributed by atoms with Crippen molar-refractivity contribution in [1.29, 1.82) is 0 Å². The Bertz CT molecular complexity index is 978. The van der Waals surface area contributed by atoms with Crippen LogP contribution in [0.3, 0.4) is 0 Å². The zero-order chi connectivity index (χ0) is 23.0. The van der Waals surface area contributed by atoms with Gasteiger partial charge in [-0.3, -0.25) is 9.69 Å². The number of methoxy groups -OCH3 is 1. The number of nitrogens with zero attached hydrogens (tertiary/aromatic N) is 2. The lowest BCUT2D eigenvalue weighted by Crippen LogP contribution is -2.36. The topological polar surface area (TPSA) is 102 Å². The summed E-state index contributed by atoms with van der Waals surface area (Å²) in [6.45, 7) is 4.43. The molecule has 1 saturated heterocycles. The first-order chi connectivity index (χ1) is 15.3. The molecular weight excluding hydrogens is 430 g/mol. The molecule has 0 unspecified atom stereocenters. The van der Waals surface area contributed by atoms with E-state index in [1.165, 1.54) is 12.1 Å². The van der Waals surface area contributed by atoms with Crippen LogP contribution in [-0.4, -0.2) is 70.6 Å². The van der Waals surface area contributed by atoms with Gasteiger partial charge in [-0.05, 0) is 54.8 Å². The molecule has 3 rings (SSSR count). The van der Waals surface area contributed by atoms with Gasteiger partial charge in [0.15, 0.2) is 0 Å². The van der Waals surface area contributed by atoms with E-state index in [0.717, 1.165) is 50.3 Å². The van der Waals surface area contributed by atoms with E-state index in [9.17, 15) is 13.2 Å². The second-order valence-corrected chi connectivity index (χ2v) is 9.35. The van der Waals surface area contributed by atoms with Gasteiger partial charge in [0.25, 0.3) is 0 Å². The van der Waals surface area contributed by atoms with E-state index in [-0.39, 0.29) is 10.8 Å². The van der Waals surface area contributed by atoms with Crippen LogP contribution in [0.2, 0.25) is 0 Å². The molecular formula is C23H31N3O5S. The van der Waals surface area contributed by atoms with Gasteiger partial charge < -0.3 is 14.4 Å². The highest BCUT2D eigenvalue weighted by molar-refractivity contribution is 7.89. The number of aryl methyl sites for hydroxylation is 1. The van der Waals surface area contributed by atoms with E-state index in [1.807, 2.05) is 29.2 Å². The minimum absolute atomic E-state index is 0.0640. The van der Waals surface area contributed by atoms with Crippen molar-refractivity contribution < 1.29 is 22.7 Å². The van der Waals surface area contributed by atoms with Crippen molar-refractivity contribution in [3.05, 3.63) is 54.1 Å². The van der Waals surface area contributed by atoms with Gasteiger partial charge >= 0.3 is 0 Å². The van der Waals surface area contributed by atoms with Gasteiger partial charge in [-0.15, -0.1) is 0 Å². The Morgan fingerprint density at radius 1 is 0.969 bits per heavy atom. The zero-order valence-corrected chi connectivity index (χ0v) is 19.2. The standard InChI is InChI=1S/C23H31N3O5S/c1-30-20-6-3-19(4-7-20)5-12-23(27)26-14-2-13-25(15-16-26)17-18-31-21-8-10-22(11-9-21)32(24,28)29/h3-4,6-11H,2,5,12-18H2,1H3,(H2,24,28,29). The number of nitrogens with two attached hydrogens (primary N) is 1. The zero-order valence-electron chi connectivity index (χ0n) is 18.4. The Kier molecular flexibility index (Phi) is 8.49. The van der Waals surface area contributed by atoms with Crippen LogP contribution in [0.5, 0.6) is 11.5 Å². The average Bonchev–Trinajstić information content (AvgIpc) is 3.03. The summed E-state index contributed by atoms with van der Waals surface area (Å²) in [4.78, 5) is 17.0. The first kappa shape index (κ1) is 24.0. The number of carbonyl (C=O) groups excluding carboxylic acids is 1. The molecule has 1 aliphatic rings. The predicted molar refractivity (Wildman–Crippen MR) is 122 cm³/mol. The molecule has 1 aliphatic heterocycles. The molecule has 1 amide bonds. The minimum atomic E-state index is -3.70. The average molecular weight is 462 g/mol. The molecule has 0 atom stereocenters. The van der Waals surface area contributed by atoms with E-state index in [1.54, 1.807) is 19.2 Å². The van der Waals surface area contributed by atoms with Gasteiger partial charge in [0.05, 0.1) is 12.0 Å². The molecule has 0 aliphatic carbocycles. The molecule has 174 valence electrons. The number of carbonyl (C=O) groups is 1. The highest BCUT2D eigenvalue weighted by atomic mass is 32.2. The highest BCUT2D eigenvalue weighted by Gasteiger charge is 2.19. The molecule has 2 aromatic carbocycles. The van der Waals surface area contributed by atoms with Crippen molar-refractivity contribution in [3.63, 3.8) is 0 Å². The smallest absolute Gasteiger partial charge is 0.238 e. The lowest BCUT2D eigenvalue weighted by Gasteiger charge is -2.22. The number of hydrogen-bond acceptors (Lipinski definition) is 6. The van der Waals surface area contributed by atoms with Crippen LogP contribution in [-0.2, 0) is 21.2 Å². The van der Waals surface area contributed by atoms with Crippen LogP contribution in [0.4, 0.5) is 0 Å². The molecule has 0 saturated carbocycles. The van der Waals surface area contributed by atoms with Gasteiger partial charge in [0.1, 0.15) is 18.1 Å². The summed E-state index contributed by atoms with van der Waals surface area (Å²) in [5.41, 5.74) is 1.13. The normalized spacial score (nSPS) is 15.2. The number of hydrogen-bond donors (Lipinski definition) is 1. The molecule has 0 bridgehead atoms. The molecule has 2 aromatic rings. The Balaban J connectivity index is 1.39. The predicted octanol–water partition coefficient (Wildman–Crippen LogP) is 1.89. The van der Waals surface area contributed by atoms with E-state index < -0.39 is 10.0 Å². The fourth-order valence-corrected chi connectivity index (χ4v) is 4.18. The maximum Gasteiger partial charge on any atom is 0.238 e. The van der Waals surface area contributed by atoms with Gasteiger partial charge in [-0.1, -0.05) is 12.1 Å². The summed E-state index contributed by atoms with van der Waals surface area (Å²) < 4.78 is 33.5. The lowest BCUT2D eigenvalue weighted by atomic mass is 10.1. The molecule has 0 aromatic heterocycles. The maximum atomic E-state index is 12.7. The monoisotopic (exact) mass is 461 g/mol. The maximum absolute atomic E-state index is 12.7. The first-order valence-corrected chi connectivity index (χ1v) is 12.3. The van der Waals surface area contributed by atoms with Crippen LogP contribution in [0.15, 0.2) is 53.4 Å². The van der Waals surface area contributed by atoms with Gasteiger partial charge in [-0.2, -0.15) is 0 Å². The van der Waals surface area contributed by atoms with Crippen LogP contribution in [0, 0.1) is 0 Å². The van der Waals surface area contributed by atoms with E-state index in [4.69, 9.17) is 14.6 Å². The summed E-state index contributed by atoms with van der Waals surface area (Å²) in [6.07, 6.45) is 2.16. The fourth-order valence-electron chi connectivity index (χ4n) is 3.66. The molecule has 1 fully saturated rings. The number of benzene rings is 2. The Morgan fingerprint density at radius 3 is 2.31 bits per heavy atom. The van der Waals surface area contributed by atoms with Crippen molar-refractivity contribution in [2.24, 2.45) is 5.14 Å². The van der Waals surface area contributed by atoms with Gasteiger partial charge in [0, 0.05) is 39.1 Å². The summed E-state index contributed by atoms with van der Waals surface area (Å²) in [5.74, 6) is 1.61. The third-order valence-corrected chi connectivity index (χ3v) is 6.49. The first-order valence-electron chi connectivity index (χ1n) is 10.7. The Morgan fingerprint density at radius 2 is 1.66 bits per heavy atom. The SMILES string of the molecule is COc1ccc(CCC(=O)N2CCCN(CCOc3ccc(S(N)(=O)=O)cc3)CC2)cc1. The van der Waals surface area contributed by atoms with Crippen molar-refractivity contribution in [2.45, 2.75) is 24.2 Å². The summed E-state index contributed by atoms with van der Waals surface area (Å²) in [5, 5.41) is 5.10. The minimum Gasteiger partial charge on any atom is -0.497 e. The van der Waals surface area contributed by atoms with Crippen molar-refractivity contribution in [3.8, 4) is 11.5 Å². The second kappa shape index (κ2) is 11.3. The van der Waals surface area contributed by atoms with Crippen LogP contribution in [0.1, 0.15) is 18.4 Å². The number of primary sulfonamides is 1. The number of ether oxygens (including phenoxy) is 2. The third-order valence-electron chi connectivity index (χ3n) is 5.56. The summed E-state index contributed by atoms with van der Waals surface area (Å²) in [6, 6.07) is 13.9. The number of sulfonamides is 1. The van der Waals surface area contributed by atoms with Gasteiger partial charge in [0.2, 0.25) is 15.9 Å². The van der Waals surface area contributed by atoms with E-state index in [0.29, 0.717) is 25.3 Å². The van der Waals surface area contributed by atoms with Crippen molar-refractivity contribution in [1.82, 2.24) is 9.80 Å². The molecule has 2 N–H and O–H groups in total. The molecule has 0 spiro atoms. The fraction of sp³-hybridized carbons (Fsp3) is 0.435. The molecule has 9 heteroatoms. The number of amides is 1. The summed E-state index contributed by atoms with van der Waals surface area (Å²) in [7, 11) is -2.06. The quantitative estimate of drug-likeness (QED) is 0.612. The largest absolute Gasteiger partial charge is 0.497 e. The van der Waals surface area contributed by atoms with E-state index >= 15 is 0 Å². The van der Waals surface area contributed by atoms with Crippen LogP contribution < -0.4 is 14.6 Å². The highest BCUT2D eigenvalue weighted by Crippen LogP contribution is 2.16. The third kappa shape index (κ3) is 7.22. The molecule has 8 nitrogen and oxygen atoms in total. The Labute approximate surface area is 190 Å². The Hall–Kier alpha value is -2.62. The van der Waals surface area contributed by atoms with Crippen LogP contribution >= 0.6 is 0 Å².